The van der Waals surface area contributed by atoms with Crippen molar-refractivity contribution in [3.63, 3.8) is 0 Å². The molecule has 0 saturated heterocycles. The van der Waals surface area contributed by atoms with Crippen LogP contribution in [0, 0.1) is 0 Å². The van der Waals surface area contributed by atoms with Crippen LogP contribution in [0.4, 0.5) is 17.1 Å². The van der Waals surface area contributed by atoms with Crippen molar-refractivity contribution in [3.8, 4) is 33.5 Å². The summed E-state index contributed by atoms with van der Waals surface area (Å²) in [4.78, 5) is 7.32. The number of benzene rings is 12. The number of aromatic nitrogens is 1. The van der Waals surface area contributed by atoms with E-state index in [1.807, 2.05) is 17.5 Å². The molecular weight excluding hydrogens is 841 g/mol. The molecule has 0 unspecified atom stereocenters. The molecule has 2 aromatic heterocycles. The topological polar surface area (TPSA) is 16.1 Å². The first-order valence-electron chi connectivity index (χ1n) is 23.3. The Morgan fingerprint density at radius 2 is 0.588 bits per heavy atom. The van der Waals surface area contributed by atoms with E-state index in [0.29, 0.717) is 0 Å². The van der Waals surface area contributed by atoms with Gasteiger partial charge in [-0.25, -0.2) is 0 Å². The summed E-state index contributed by atoms with van der Waals surface area (Å²) >= 11 is 1.83. The highest BCUT2D eigenvalue weighted by atomic mass is 32.1. The SMILES string of the molecule is c1ccc2c(c1)sc1cc(-c3ccc(N(c4ccc(-c5ccc6c7ccccc7c7ccccc7c6c5)cc4)c4ccc(-c5ccc6c7ccccc7c7ccccc7c6c5)cc4)cc3)ncc12. The predicted molar refractivity (Wildman–Crippen MR) is 293 cm³/mol. The molecule has 0 aliphatic rings. The molecule has 0 fully saturated rings. The predicted octanol–water partition coefficient (Wildman–Crippen LogP) is 18.8. The lowest BCUT2D eigenvalue weighted by Gasteiger charge is -2.26. The highest BCUT2D eigenvalue weighted by Crippen LogP contribution is 2.42. The largest absolute Gasteiger partial charge is 0.311 e. The Labute approximate surface area is 397 Å². The lowest BCUT2D eigenvalue weighted by Crippen LogP contribution is -2.09. The third kappa shape index (κ3) is 6.21. The lowest BCUT2D eigenvalue weighted by molar-refractivity contribution is 1.28. The number of pyridine rings is 1. The van der Waals surface area contributed by atoms with E-state index < -0.39 is 0 Å². The number of fused-ring (bicyclic) bond motifs is 15. The standard InChI is InChI=1S/C65H40N2S/c1-3-15-53-49(11-1)51-13-5-7-17-55(51)60-37-44(27-35-57(53)60)41-21-29-46(30-22-41)67(48-33-25-43(26-34-48)63-39-65-62(40-66-63)59-19-9-10-20-64(59)68-65)47-31-23-42(24-32-47)45-28-36-58-54-16-4-2-12-50(54)52-14-6-8-18-56(52)61(58)38-45/h1-40H. The average Bonchev–Trinajstić information content (AvgIpc) is 3.79. The van der Waals surface area contributed by atoms with Gasteiger partial charge in [0.1, 0.15) is 0 Å². The second-order valence-corrected chi connectivity index (χ2v) is 18.9. The summed E-state index contributed by atoms with van der Waals surface area (Å²) in [7, 11) is 0. The second-order valence-electron chi connectivity index (χ2n) is 17.8. The Morgan fingerprint density at radius 1 is 0.250 bits per heavy atom. The van der Waals surface area contributed by atoms with Gasteiger partial charge in [-0.2, -0.15) is 0 Å². The molecule has 3 heteroatoms. The summed E-state index contributed by atoms with van der Waals surface area (Å²) in [6.45, 7) is 0. The van der Waals surface area contributed by atoms with Crippen LogP contribution in [0.2, 0.25) is 0 Å². The number of anilines is 3. The molecule has 0 bridgehead atoms. The molecule has 0 aliphatic carbocycles. The lowest BCUT2D eigenvalue weighted by atomic mass is 9.92. The molecule has 316 valence electrons. The van der Waals surface area contributed by atoms with E-state index in [9.17, 15) is 0 Å². The summed E-state index contributed by atoms with van der Waals surface area (Å²) < 4.78 is 2.54. The van der Waals surface area contributed by atoms with E-state index >= 15 is 0 Å². The summed E-state index contributed by atoms with van der Waals surface area (Å²) in [5, 5.41) is 17.9. The molecule has 2 nitrogen and oxygen atoms in total. The number of hydrogen-bond acceptors (Lipinski definition) is 3. The molecule has 12 aromatic carbocycles. The van der Waals surface area contributed by atoms with Crippen LogP contribution in [-0.2, 0) is 0 Å². The van der Waals surface area contributed by atoms with Crippen LogP contribution in [0.1, 0.15) is 0 Å². The molecule has 14 rings (SSSR count). The van der Waals surface area contributed by atoms with Crippen molar-refractivity contribution in [2.45, 2.75) is 0 Å². The zero-order valence-electron chi connectivity index (χ0n) is 36.9. The number of thiophene rings is 1. The summed E-state index contributed by atoms with van der Waals surface area (Å²) in [6, 6.07) is 86.8. The quantitative estimate of drug-likeness (QED) is 0.155. The molecule has 0 amide bonds. The van der Waals surface area contributed by atoms with Crippen LogP contribution in [0.3, 0.4) is 0 Å². The van der Waals surface area contributed by atoms with Crippen LogP contribution in [0.25, 0.3) is 118 Å². The van der Waals surface area contributed by atoms with E-state index in [2.05, 4.69) is 241 Å². The van der Waals surface area contributed by atoms with Crippen molar-refractivity contribution in [1.82, 2.24) is 4.98 Å². The van der Waals surface area contributed by atoms with Gasteiger partial charge in [-0.1, -0.05) is 176 Å². The maximum absolute atomic E-state index is 4.96. The summed E-state index contributed by atoms with van der Waals surface area (Å²) in [5.74, 6) is 0. The van der Waals surface area contributed by atoms with Crippen LogP contribution in [0.15, 0.2) is 243 Å². The smallest absolute Gasteiger partial charge is 0.0716 e. The maximum Gasteiger partial charge on any atom is 0.0716 e. The van der Waals surface area contributed by atoms with Crippen molar-refractivity contribution in [1.29, 1.82) is 0 Å². The van der Waals surface area contributed by atoms with Gasteiger partial charge in [0.05, 0.1) is 5.69 Å². The third-order valence-corrected chi connectivity index (χ3v) is 15.2. The summed E-state index contributed by atoms with van der Waals surface area (Å²) in [5.41, 5.74) is 10.1. The summed E-state index contributed by atoms with van der Waals surface area (Å²) in [6.07, 6.45) is 2.03. The maximum atomic E-state index is 4.96. The van der Waals surface area contributed by atoms with E-state index in [-0.39, 0.29) is 0 Å². The highest BCUT2D eigenvalue weighted by Gasteiger charge is 2.17. The van der Waals surface area contributed by atoms with Crippen LogP contribution in [-0.4, -0.2) is 4.98 Å². The molecule has 0 saturated carbocycles. The van der Waals surface area contributed by atoms with Crippen molar-refractivity contribution in [2.75, 3.05) is 4.90 Å². The van der Waals surface area contributed by atoms with Crippen molar-refractivity contribution in [3.05, 3.63) is 243 Å². The Balaban J connectivity index is 0.856. The molecular formula is C65H40N2S. The van der Waals surface area contributed by atoms with E-state index in [4.69, 9.17) is 4.98 Å². The van der Waals surface area contributed by atoms with E-state index in [0.717, 1.165) is 28.3 Å². The third-order valence-electron chi connectivity index (χ3n) is 14.1. The van der Waals surface area contributed by atoms with Crippen molar-refractivity contribution in [2.24, 2.45) is 0 Å². The molecule has 0 spiro atoms. The van der Waals surface area contributed by atoms with Gasteiger partial charge >= 0.3 is 0 Å². The Hall–Kier alpha value is -8.63. The van der Waals surface area contributed by atoms with Crippen molar-refractivity contribution < 1.29 is 0 Å². The molecule has 2 heterocycles. The number of rotatable bonds is 6. The van der Waals surface area contributed by atoms with E-state index in [1.165, 1.54) is 107 Å². The first kappa shape index (κ1) is 38.6. The molecule has 0 aliphatic heterocycles. The van der Waals surface area contributed by atoms with Gasteiger partial charge < -0.3 is 4.90 Å². The highest BCUT2D eigenvalue weighted by molar-refractivity contribution is 7.25. The molecule has 68 heavy (non-hydrogen) atoms. The van der Waals surface area contributed by atoms with Gasteiger partial charge in [0.25, 0.3) is 0 Å². The minimum absolute atomic E-state index is 0.975. The Morgan fingerprint density at radius 3 is 1.01 bits per heavy atom. The van der Waals surface area contributed by atoms with Gasteiger partial charge in [-0.3, -0.25) is 4.98 Å². The first-order valence-corrected chi connectivity index (χ1v) is 24.1. The zero-order chi connectivity index (χ0) is 44.7. The average molecular weight is 881 g/mol. The fraction of sp³-hybridized carbons (Fsp3) is 0. The van der Waals surface area contributed by atoms with Crippen molar-refractivity contribution >= 4 is 113 Å². The number of hydrogen-bond donors (Lipinski definition) is 0. The molecule has 14 aromatic rings. The minimum Gasteiger partial charge on any atom is -0.311 e. The van der Waals surface area contributed by atoms with Crippen LogP contribution in [0.5, 0.6) is 0 Å². The molecule has 0 atom stereocenters. The normalized spacial score (nSPS) is 11.8. The van der Waals surface area contributed by atoms with Crippen LogP contribution < -0.4 is 4.90 Å². The van der Waals surface area contributed by atoms with Gasteiger partial charge in [0, 0.05) is 49.0 Å². The Kier molecular flexibility index (Phi) is 8.80. The number of nitrogens with zero attached hydrogens (tertiary/aromatic N) is 2. The fourth-order valence-corrected chi connectivity index (χ4v) is 11.9. The second kappa shape index (κ2) is 15.5. The van der Waals surface area contributed by atoms with Gasteiger partial charge in [-0.05, 0) is 148 Å². The fourth-order valence-electron chi connectivity index (χ4n) is 10.8. The molecule has 0 N–H and O–H groups in total. The molecule has 0 radical (unpaired) electrons. The minimum atomic E-state index is 0.975. The van der Waals surface area contributed by atoms with Gasteiger partial charge in [0.2, 0.25) is 0 Å². The van der Waals surface area contributed by atoms with E-state index in [1.54, 1.807) is 0 Å². The monoisotopic (exact) mass is 880 g/mol. The Bertz CT molecular complexity index is 4030. The van der Waals surface area contributed by atoms with Gasteiger partial charge in [-0.15, -0.1) is 11.3 Å². The zero-order valence-corrected chi connectivity index (χ0v) is 37.7. The first-order chi connectivity index (χ1) is 33.7. The van der Waals surface area contributed by atoms with Gasteiger partial charge in [0.15, 0.2) is 0 Å². The van der Waals surface area contributed by atoms with Crippen LogP contribution >= 0.6 is 11.3 Å².